The van der Waals surface area contributed by atoms with Gasteiger partial charge in [0.1, 0.15) is 6.33 Å². The van der Waals surface area contributed by atoms with Gasteiger partial charge in [-0.3, -0.25) is 4.68 Å². The standard InChI is InChI=1S/C11H14BrN5O2/c1-4-7-9(12)8(16(2)14-7)5-17-6-13-10(15-17)11(18)19-3/h6H,4-5H2,1-3H3. The molecule has 0 aromatic carbocycles. The van der Waals surface area contributed by atoms with Crippen LogP contribution in [-0.4, -0.2) is 37.6 Å². The van der Waals surface area contributed by atoms with E-state index in [2.05, 4.69) is 35.8 Å². The molecular formula is C11H14BrN5O2. The van der Waals surface area contributed by atoms with Crippen molar-refractivity contribution in [2.75, 3.05) is 7.11 Å². The van der Waals surface area contributed by atoms with Crippen molar-refractivity contribution in [3.05, 3.63) is 28.0 Å². The first kappa shape index (κ1) is 13.7. The van der Waals surface area contributed by atoms with Crippen molar-refractivity contribution in [3.8, 4) is 0 Å². The Bertz CT molecular complexity index is 604. The minimum Gasteiger partial charge on any atom is -0.463 e. The zero-order valence-electron chi connectivity index (χ0n) is 10.9. The van der Waals surface area contributed by atoms with Gasteiger partial charge in [0.05, 0.1) is 29.5 Å². The van der Waals surface area contributed by atoms with Crippen LogP contribution in [-0.2, 0) is 24.8 Å². The molecule has 102 valence electrons. The van der Waals surface area contributed by atoms with Gasteiger partial charge in [0, 0.05) is 7.05 Å². The lowest BCUT2D eigenvalue weighted by atomic mass is 10.3. The van der Waals surface area contributed by atoms with Gasteiger partial charge in [-0.15, -0.1) is 5.10 Å². The quantitative estimate of drug-likeness (QED) is 0.788. The summed E-state index contributed by atoms with van der Waals surface area (Å²) in [5, 5.41) is 8.46. The third kappa shape index (κ3) is 2.67. The van der Waals surface area contributed by atoms with Gasteiger partial charge in [-0.25, -0.2) is 14.5 Å². The smallest absolute Gasteiger partial charge is 0.377 e. The lowest BCUT2D eigenvalue weighted by molar-refractivity contribution is 0.0586. The van der Waals surface area contributed by atoms with Crippen LogP contribution >= 0.6 is 15.9 Å². The van der Waals surface area contributed by atoms with Gasteiger partial charge in [0.25, 0.3) is 5.82 Å². The summed E-state index contributed by atoms with van der Waals surface area (Å²) in [4.78, 5) is 15.2. The Hall–Kier alpha value is -1.70. The van der Waals surface area contributed by atoms with Crippen molar-refractivity contribution in [1.82, 2.24) is 24.5 Å². The monoisotopic (exact) mass is 327 g/mol. The molecule has 0 N–H and O–H groups in total. The molecule has 7 nitrogen and oxygen atoms in total. The highest BCUT2D eigenvalue weighted by molar-refractivity contribution is 9.10. The van der Waals surface area contributed by atoms with E-state index in [0.717, 1.165) is 22.3 Å². The highest BCUT2D eigenvalue weighted by Crippen LogP contribution is 2.22. The van der Waals surface area contributed by atoms with Crippen LogP contribution in [0, 0.1) is 0 Å². The minimum atomic E-state index is -0.544. The summed E-state index contributed by atoms with van der Waals surface area (Å²) in [5.74, 6) is -0.492. The van der Waals surface area contributed by atoms with E-state index in [9.17, 15) is 4.79 Å². The first-order chi connectivity index (χ1) is 9.06. The molecule has 2 aromatic rings. The van der Waals surface area contributed by atoms with Gasteiger partial charge < -0.3 is 4.74 Å². The van der Waals surface area contributed by atoms with Crippen molar-refractivity contribution >= 4 is 21.9 Å². The van der Waals surface area contributed by atoms with Gasteiger partial charge in [-0.1, -0.05) is 6.92 Å². The molecule has 2 heterocycles. The third-order valence-corrected chi connectivity index (χ3v) is 3.63. The number of methoxy groups -OCH3 is 1. The molecule has 0 spiro atoms. The molecule has 0 radical (unpaired) electrons. The Morgan fingerprint density at radius 1 is 1.47 bits per heavy atom. The number of rotatable bonds is 4. The van der Waals surface area contributed by atoms with Gasteiger partial charge in [-0.2, -0.15) is 5.10 Å². The van der Waals surface area contributed by atoms with Crippen LogP contribution in [0.15, 0.2) is 10.8 Å². The van der Waals surface area contributed by atoms with E-state index < -0.39 is 5.97 Å². The van der Waals surface area contributed by atoms with Crippen LogP contribution in [0.2, 0.25) is 0 Å². The largest absolute Gasteiger partial charge is 0.463 e. The maximum Gasteiger partial charge on any atom is 0.377 e. The number of aromatic nitrogens is 5. The molecule has 2 rings (SSSR count). The zero-order valence-corrected chi connectivity index (χ0v) is 12.5. The lowest BCUT2D eigenvalue weighted by Gasteiger charge is -2.02. The van der Waals surface area contributed by atoms with E-state index in [1.807, 2.05) is 14.0 Å². The highest BCUT2D eigenvalue weighted by atomic mass is 79.9. The van der Waals surface area contributed by atoms with Crippen molar-refractivity contribution in [1.29, 1.82) is 0 Å². The second kappa shape index (κ2) is 5.52. The maximum atomic E-state index is 11.3. The summed E-state index contributed by atoms with van der Waals surface area (Å²) in [7, 11) is 3.17. The van der Waals surface area contributed by atoms with E-state index >= 15 is 0 Å². The lowest BCUT2D eigenvalue weighted by Crippen LogP contribution is -2.09. The van der Waals surface area contributed by atoms with Gasteiger partial charge in [0.15, 0.2) is 0 Å². The molecule has 2 aromatic heterocycles. The molecule has 0 bridgehead atoms. The van der Waals surface area contributed by atoms with E-state index in [4.69, 9.17) is 0 Å². The predicted octanol–water partition coefficient (Wildman–Crippen LogP) is 1.17. The second-order valence-corrected chi connectivity index (χ2v) is 4.73. The average Bonchev–Trinajstić information content (AvgIpc) is 2.98. The Morgan fingerprint density at radius 3 is 2.79 bits per heavy atom. The number of carbonyl (C=O) groups excluding carboxylic acids is 1. The number of carbonyl (C=O) groups is 1. The normalized spacial score (nSPS) is 10.7. The third-order valence-electron chi connectivity index (χ3n) is 2.72. The molecule has 0 saturated carbocycles. The number of halogens is 1. The summed E-state index contributed by atoms with van der Waals surface area (Å²) in [6.07, 6.45) is 2.34. The Labute approximate surface area is 118 Å². The van der Waals surface area contributed by atoms with Gasteiger partial charge in [0.2, 0.25) is 0 Å². The van der Waals surface area contributed by atoms with Crippen molar-refractivity contribution in [3.63, 3.8) is 0 Å². The highest BCUT2D eigenvalue weighted by Gasteiger charge is 2.15. The predicted molar refractivity (Wildman–Crippen MR) is 70.7 cm³/mol. The molecule has 0 amide bonds. The zero-order chi connectivity index (χ0) is 14.0. The second-order valence-electron chi connectivity index (χ2n) is 3.94. The first-order valence-electron chi connectivity index (χ1n) is 5.74. The fourth-order valence-corrected chi connectivity index (χ4v) is 2.44. The van der Waals surface area contributed by atoms with E-state index in [1.54, 1.807) is 9.36 Å². The molecule has 0 aliphatic carbocycles. The van der Waals surface area contributed by atoms with Gasteiger partial charge in [-0.05, 0) is 22.4 Å². The molecule has 0 fully saturated rings. The minimum absolute atomic E-state index is 0.0523. The molecule has 0 saturated heterocycles. The fraction of sp³-hybridized carbons (Fsp3) is 0.455. The van der Waals surface area contributed by atoms with Crippen LogP contribution in [0.25, 0.3) is 0 Å². The molecule has 0 aliphatic heterocycles. The van der Waals surface area contributed by atoms with Crippen molar-refractivity contribution < 1.29 is 9.53 Å². The van der Waals surface area contributed by atoms with Crippen molar-refractivity contribution in [2.24, 2.45) is 7.05 Å². The summed E-state index contributed by atoms with van der Waals surface area (Å²) in [6.45, 7) is 2.52. The molecule has 8 heteroatoms. The van der Waals surface area contributed by atoms with Crippen LogP contribution < -0.4 is 0 Å². The van der Waals surface area contributed by atoms with Crippen molar-refractivity contribution in [2.45, 2.75) is 19.9 Å². The maximum absolute atomic E-state index is 11.3. The van der Waals surface area contributed by atoms with E-state index in [1.165, 1.54) is 13.4 Å². The summed E-state index contributed by atoms with van der Waals surface area (Å²) in [6, 6.07) is 0. The van der Waals surface area contributed by atoms with E-state index in [-0.39, 0.29) is 5.82 Å². The number of esters is 1. The molecule has 19 heavy (non-hydrogen) atoms. The molecule has 0 atom stereocenters. The molecule has 0 unspecified atom stereocenters. The van der Waals surface area contributed by atoms with Crippen LogP contribution in [0.3, 0.4) is 0 Å². The summed E-state index contributed by atoms with van der Waals surface area (Å²) < 4.78 is 8.90. The number of hydrogen-bond acceptors (Lipinski definition) is 5. The molecule has 0 aliphatic rings. The Balaban J connectivity index is 2.24. The van der Waals surface area contributed by atoms with Crippen LogP contribution in [0.5, 0.6) is 0 Å². The summed E-state index contributed by atoms with van der Waals surface area (Å²) in [5.41, 5.74) is 1.96. The fourth-order valence-electron chi connectivity index (χ4n) is 1.70. The average molecular weight is 328 g/mol. The number of hydrogen-bond donors (Lipinski definition) is 0. The van der Waals surface area contributed by atoms with Crippen LogP contribution in [0.4, 0.5) is 0 Å². The topological polar surface area (TPSA) is 74.8 Å². The first-order valence-corrected chi connectivity index (χ1v) is 6.54. The van der Waals surface area contributed by atoms with Gasteiger partial charge >= 0.3 is 5.97 Å². The number of nitrogens with zero attached hydrogens (tertiary/aromatic N) is 5. The van der Waals surface area contributed by atoms with E-state index in [0.29, 0.717) is 6.54 Å². The number of aryl methyl sites for hydroxylation is 2. The van der Waals surface area contributed by atoms with Crippen LogP contribution in [0.1, 0.15) is 28.9 Å². The Morgan fingerprint density at radius 2 is 2.21 bits per heavy atom. The SMILES string of the molecule is CCc1nn(C)c(Cn2cnc(C(=O)OC)n2)c1Br. The number of ether oxygens (including phenoxy) is 1. The molecular weight excluding hydrogens is 314 g/mol. The summed E-state index contributed by atoms with van der Waals surface area (Å²) >= 11 is 3.53. The Kier molecular flexibility index (Phi) is 3.98.